The number of carbonyl (C=O) groups is 1. The highest BCUT2D eigenvalue weighted by molar-refractivity contribution is 5.90. The van der Waals surface area contributed by atoms with Gasteiger partial charge in [0, 0.05) is 7.05 Å². The van der Waals surface area contributed by atoms with Gasteiger partial charge in [0.1, 0.15) is 5.82 Å². The maximum atomic E-state index is 12.9. The number of aromatic nitrogens is 2. The van der Waals surface area contributed by atoms with E-state index in [1.54, 1.807) is 0 Å². The van der Waals surface area contributed by atoms with Crippen LogP contribution in [0.5, 0.6) is 0 Å². The Hall–Kier alpha value is -1.68. The number of likely N-dealkylation sites (N-methyl/N-ethyl adjacent to an activating group) is 1. The number of benzene rings is 1. The minimum absolute atomic E-state index is 0.280. The van der Waals surface area contributed by atoms with Gasteiger partial charge in [0.05, 0.1) is 23.0 Å². The van der Waals surface area contributed by atoms with Crippen molar-refractivity contribution in [3.63, 3.8) is 0 Å². The number of fused-ring (bicyclic) bond motifs is 1. The van der Waals surface area contributed by atoms with Crippen LogP contribution in [0.3, 0.4) is 0 Å². The van der Waals surface area contributed by atoms with Crippen LogP contribution in [-0.4, -0.2) is 39.9 Å². The molecule has 0 aliphatic heterocycles. The minimum Gasteiger partial charge on any atom is -0.331 e. The molecule has 1 fully saturated rings. The van der Waals surface area contributed by atoms with Crippen molar-refractivity contribution in [1.29, 1.82) is 0 Å². The van der Waals surface area contributed by atoms with Crippen molar-refractivity contribution in [2.24, 2.45) is 7.05 Å². The van der Waals surface area contributed by atoms with Crippen molar-refractivity contribution in [3.05, 3.63) is 30.1 Å². The number of aryl methyl sites for hydroxylation is 1. The molecule has 0 bridgehead atoms. The van der Waals surface area contributed by atoms with Crippen LogP contribution in [0.2, 0.25) is 0 Å². The fourth-order valence-corrected chi connectivity index (χ4v) is 3.60. The molecule has 0 radical (unpaired) electrons. The van der Waals surface area contributed by atoms with Crippen molar-refractivity contribution in [2.45, 2.75) is 37.6 Å². The van der Waals surface area contributed by atoms with Gasteiger partial charge in [0.2, 0.25) is 0 Å². The van der Waals surface area contributed by atoms with E-state index in [0.29, 0.717) is 12.2 Å². The van der Waals surface area contributed by atoms with Crippen LogP contribution in [0, 0.1) is 0 Å². The van der Waals surface area contributed by atoms with Gasteiger partial charge in [-0.05, 0) is 39.1 Å². The monoisotopic (exact) mass is 285 g/mol. The van der Waals surface area contributed by atoms with E-state index in [1.807, 2.05) is 50.0 Å². The second-order valence-corrected chi connectivity index (χ2v) is 6.31. The summed E-state index contributed by atoms with van der Waals surface area (Å²) in [4.78, 5) is 19.7. The van der Waals surface area contributed by atoms with Crippen molar-refractivity contribution in [2.75, 3.05) is 14.1 Å². The summed E-state index contributed by atoms with van der Waals surface area (Å²) in [5, 5.41) is 0. The summed E-state index contributed by atoms with van der Waals surface area (Å²) in [5.74, 6) is 1.18. The molecule has 1 heterocycles. The van der Waals surface area contributed by atoms with Crippen molar-refractivity contribution in [1.82, 2.24) is 14.5 Å². The molecule has 1 aromatic carbocycles. The lowest BCUT2D eigenvalue weighted by Crippen LogP contribution is -2.49. The van der Waals surface area contributed by atoms with Crippen LogP contribution in [0.15, 0.2) is 24.3 Å². The Morgan fingerprint density at radius 3 is 2.57 bits per heavy atom. The average Bonchev–Trinajstić information content (AvgIpc) is 3.07. The van der Waals surface area contributed by atoms with E-state index in [-0.39, 0.29) is 5.54 Å². The molecule has 112 valence electrons. The van der Waals surface area contributed by atoms with Gasteiger partial charge >= 0.3 is 0 Å². The van der Waals surface area contributed by atoms with Gasteiger partial charge in [0.25, 0.3) is 0 Å². The highest BCUT2D eigenvalue weighted by atomic mass is 16.1. The summed E-state index contributed by atoms with van der Waals surface area (Å²) in [6.45, 7) is 0. The third-order valence-electron chi connectivity index (χ3n) is 5.00. The van der Waals surface area contributed by atoms with E-state index in [2.05, 4.69) is 9.88 Å². The van der Waals surface area contributed by atoms with Crippen molar-refractivity contribution < 1.29 is 4.79 Å². The number of hydrogen-bond donors (Lipinski definition) is 0. The molecule has 0 spiro atoms. The van der Waals surface area contributed by atoms with E-state index in [4.69, 9.17) is 0 Å². The van der Waals surface area contributed by atoms with E-state index < -0.39 is 0 Å². The maximum absolute atomic E-state index is 12.9. The van der Waals surface area contributed by atoms with Gasteiger partial charge < -0.3 is 4.57 Å². The van der Waals surface area contributed by atoms with Crippen LogP contribution < -0.4 is 0 Å². The van der Waals surface area contributed by atoms with Crippen LogP contribution in [0.1, 0.15) is 31.5 Å². The molecule has 1 aliphatic carbocycles. The average molecular weight is 285 g/mol. The fourth-order valence-electron chi connectivity index (χ4n) is 3.60. The molecule has 21 heavy (non-hydrogen) atoms. The van der Waals surface area contributed by atoms with Crippen molar-refractivity contribution in [3.8, 4) is 0 Å². The molecule has 1 aromatic heterocycles. The topological polar surface area (TPSA) is 38.1 Å². The van der Waals surface area contributed by atoms with Crippen LogP contribution >= 0.6 is 0 Å². The Bertz CT molecular complexity index is 666. The standard InChI is InChI=1S/C17H23N3O/c1-19(2)17(10-6-7-11-17)15(21)12-16-18-13-8-4-5-9-14(13)20(16)3/h4-5,8-9H,6-7,10-12H2,1-3H3. The Morgan fingerprint density at radius 1 is 1.29 bits per heavy atom. The lowest BCUT2D eigenvalue weighted by Gasteiger charge is -2.34. The first-order chi connectivity index (χ1) is 10.0. The summed E-state index contributed by atoms with van der Waals surface area (Å²) in [7, 11) is 6.05. The summed E-state index contributed by atoms with van der Waals surface area (Å²) in [5.41, 5.74) is 1.77. The highest BCUT2D eigenvalue weighted by Gasteiger charge is 2.42. The van der Waals surface area contributed by atoms with Crippen LogP contribution in [0.4, 0.5) is 0 Å². The first-order valence-electron chi connectivity index (χ1n) is 7.66. The van der Waals surface area contributed by atoms with E-state index in [0.717, 1.165) is 42.5 Å². The number of nitrogens with zero attached hydrogens (tertiary/aromatic N) is 3. The summed E-state index contributed by atoms with van der Waals surface area (Å²) in [6.07, 6.45) is 4.66. The van der Waals surface area contributed by atoms with E-state index in [1.165, 1.54) is 0 Å². The number of hydrogen-bond acceptors (Lipinski definition) is 3. The quantitative estimate of drug-likeness (QED) is 0.866. The molecular formula is C17H23N3O. The Kier molecular flexibility index (Phi) is 3.57. The molecule has 0 unspecified atom stereocenters. The molecule has 1 saturated carbocycles. The summed E-state index contributed by atoms with van der Waals surface area (Å²) >= 11 is 0. The summed E-state index contributed by atoms with van der Waals surface area (Å²) in [6, 6.07) is 8.04. The third kappa shape index (κ3) is 2.27. The zero-order valence-corrected chi connectivity index (χ0v) is 13.1. The molecule has 2 aromatic rings. The zero-order valence-electron chi connectivity index (χ0n) is 13.1. The van der Waals surface area contributed by atoms with Crippen molar-refractivity contribution >= 4 is 16.8 Å². The number of rotatable bonds is 4. The van der Waals surface area contributed by atoms with Gasteiger partial charge in [-0.3, -0.25) is 9.69 Å². The number of ketones is 1. The Labute approximate surface area is 125 Å². The predicted octanol–water partition coefficient (Wildman–Crippen LogP) is 2.56. The first-order valence-corrected chi connectivity index (χ1v) is 7.66. The van der Waals surface area contributed by atoms with Crippen LogP contribution in [-0.2, 0) is 18.3 Å². The van der Waals surface area contributed by atoms with E-state index in [9.17, 15) is 4.79 Å². The molecule has 0 atom stereocenters. The molecule has 0 amide bonds. The van der Waals surface area contributed by atoms with Crippen LogP contribution in [0.25, 0.3) is 11.0 Å². The smallest absolute Gasteiger partial charge is 0.160 e. The lowest BCUT2D eigenvalue weighted by atomic mass is 9.88. The fraction of sp³-hybridized carbons (Fsp3) is 0.529. The normalized spacial score (nSPS) is 17.7. The number of carbonyl (C=O) groups excluding carboxylic acids is 1. The van der Waals surface area contributed by atoms with Gasteiger partial charge in [-0.2, -0.15) is 0 Å². The highest BCUT2D eigenvalue weighted by Crippen LogP contribution is 2.35. The molecule has 4 heteroatoms. The molecule has 4 nitrogen and oxygen atoms in total. The summed E-state index contributed by atoms with van der Waals surface area (Å²) < 4.78 is 2.05. The molecule has 0 saturated heterocycles. The third-order valence-corrected chi connectivity index (χ3v) is 5.00. The first kappa shape index (κ1) is 14.3. The molecule has 3 rings (SSSR count). The largest absolute Gasteiger partial charge is 0.331 e. The SMILES string of the molecule is CN(C)C1(C(=O)Cc2nc3ccccc3n2C)CCCC1. The Morgan fingerprint density at radius 2 is 1.95 bits per heavy atom. The van der Waals surface area contributed by atoms with Gasteiger partial charge in [-0.25, -0.2) is 4.98 Å². The maximum Gasteiger partial charge on any atom is 0.160 e. The minimum atomic E-state index is -0.280. The lowest BCUT2D eigenvalue weighted by molar-refractivity contribution is -0.129. The van der Waals surface area contributed by atoms with E-state index >= 15 is 0 Å². The number of para-hydroxylation sites is 2. The van der Waals surface area contributed by atoms with Gasteiger partial charge in [0.15, 0.2) is 5.78 Å². The zero-order chi connectivity index (χ0) is 15.0. The van der Waals surface area contributed by atoms with Gasteiger partial charge in [-0.1, -0.05) is 25.0 Å². The Balaban J connectivity index is 1.91. The molecule has 1 aliphatic rings. The van der Waals surface area contributed by atoms with Gasteiger partial charge in [-0.15, -0.1) is 0 Å². The molecule has 0 N–H and O–H groups in total. The molecular weight excluding hydrogens is 262 g/mol. The second-order valence-electron chi connectivity index (χ2n) is 6.31. The number of imidazole rings is 1. The predicted molar refractivity (Wildman–Crippen MR) is 84.3 cm³/mol. The number of Topliss-reactive ketones (excluding diaryl/α,β-unsaturated/α-hetero) is 1. The second kappa shape index (κ2) is 5.26.